The van der Waals surface area contributed by atoms with Crippen LogP contribution in [0.3, 0.4) is 0 Å². The van der Waals surface area contributed by atoms with E-state index in [4.69, 9.17) is 5.14 Å². The van der Waals surface area contributed by atoms with Crippen molar-refractivity contribution in [2.45, 2.75) is 24.2 Å². The lowest BCUT2D eigenvalue weighted by Crippen LogP contribution is -2.29. The van der Waals surface area contributed by atoms with Gasteiger partial charge in [-0.15, -0.1) is 0 Å². The van der Waals surface area contributed by atoms with Gasteiger partial charge in [0.05, 0.1) is 16.1 Å². The van der Waals surface area contributed by atoms with E-state index in [-0.39, 0.29) is 10.5 Å². The van der Waals surface area contributed by atoms with Crippen molar-refractivity contribution in [2.24, 2.45) is 5.14 Å². The number of pyridine rings is 1. The molecule has 0 spiro atoms. The van der Waals surface area contributed by atoms with Crippen LogP contribution in [-0.4, -0.2) is 32.4 Å². The highest BCUT2D eigenvalue weighted by molar-refractivity contribution is 9.10. The van der Waals surface area contributed by atoms with Gasteiger partial charge < -0.3 is 10.2 Å². The highest BCUT2D eigenvalue weighted by atomic mass is 79.9. The maximum absolute atomic E-state index is 12.9. The number of nitrogens with one attached hydrogen (secondary N) is 1. The predicted octanol–water partition coefficient (Wildman–Crippen LogP) is 3.89. The SMILES string of the molecule is NS(=O)(=O)c1ccc(Br)c(C(=O)Nc2ccc(N3CCCCC3)c3ccncc23)c1. The molecular formula is C21H21BrN4O3S. The summed E-state index contributed by atoms with van der Waals surface area (Å²) in [6.45, 7) is 2.02. The summed E-state index contributed by atoms with van der Waals surface area (Å²) >= 11 is 3.31. The summed E-state index contributed by atoms with van der Waals surface area (Å²) in [6.07, 6.45) is 7.05. The van der Waals surface area contributed by atoms with Gasteiger partial charge in [0.25, 0.3) is 5.91 Å². The molecule has 2 aromatic carbocycles. The van der Waals surface area contributed by atoms with E-state index in [1.165, 1.54) is 37.5 Å². The smallest absolute Gasteiger partial charge is 0.256 e. The van der Waals surface area contributed by atoms with E-state index < -0.39 is 15.9 Å². The minimum atomic E-state index is -3.92. The fraction of sp³-hybridized carbons (Fsp3) is 0.238. The van der Waals surface area contributed by atoms with E-state index in [0.717, 1.165) is 29.5 Å². The first-order chi connectivity index (χ1) is 14.3. The zero-order valence-electron chi connectivity index (χ0n) is 16.1. The average Bonchev–Trinajstić information content (AvgIpc) is 2.74. The van der Waals surface area contributed by atoms with E-state index in [9.17, 15) is 13.2 Å². The molecule has 1 aliphatic heterocycles. The number of hydrogen-bond donors (Lipinski definition) is 2. The molecule has 7 nitrogen and oxygen atoms in total. The monoisotopic (exact) mass is 488 g/mol. The van der Waals surface area contributed by atoms with Crippen LogP contribution >= 0.6 is 15.9 Å². The number of aromatic nitrogens is 1. The zero-order chi connectivity index (χ0) is 21.3. The van der Waals surface area contributed by atoms with Gasteiger partial charge in [-0.1, -0.05) is 0 Å². The molecule has 0 saturated carbocycles. The Bertz CT molecular complexity index is 1220. The lowest BCUT2D eigenvalue weighted by atomic mass is 10.0. The molecule has 1 amide bonds. The van der Waals surface area contributed by atoms with Gasteiger partial charge in [-0.25, -0.2) is 13.6 Å². The van der Waals surface area contributed by atoms with Crippen LogP contribution in [0, 0.1) is 0 Å². The standard InChI is InChI=1S/C21H21BrN4O3S/c22-18-5-4-14(30(23,28)29)12-16(18)21(27)25-19-6-7-20(26-10-2-1-3-11-26)15-8-9-24-13-17(15)19/h4-9,12-13H,1-3,10-11H2,(H,25,27)(H2,23,28,29). The number of carbonyl (C=O) groups is 1. The minimum Gasteiger partial charge on any atom is -0.371 e. The van der Waals surface area contributed by atoms with Crippen LogP contribution in [0.25, 0.3) is 10.8 Å². The van der Waals surface area contributed by atoms with E-state index in [0.29, 0.717) is 10.2 Å². The maximum Gasteiger partial charge on any atom is 0.256 e. The fourth-order valence-electron chi connectivity index (χ4n) is 3.74. The Hall–Kier alpha value is -2.49. The van der Waals surface area contributed by atoms with Crippen LogP contribution in [-0.2, 0) is 10.0 Å². The summed E-state index contributed by atoms with van der Waals surface area (Å²) in [5, 5.41) is 9.93. The summed E-state index contributed by atoms with van der Waals surface area (Å²) in [5.74, 6) is -0.441. The number of sulfonamides is 1. The third-order valence-electron chi connectivity index (χ3n) is 5.25. The number of halogens is 1. The molecule has 1 fully saturated rings. The topological polar surface area (TPSA) is 105 Å². The van der Waals surface area contributed by atoms with Gasteiger partial charge in [-0.2, -0.15) is 0 Å². The third-order valence-corrected chi connectivity index (χ3v) is 6.85. The number of primary sulfonamides is 1. The molecular weight excluding hydrogens is 468 g/mol. The van der Waals surface area contributed by atoms with Crippen molar-refractivity contribution >= 4 is 54.0 Å². The Balaban J connectivity index is 1.70. The van der Waals surface area contributed by atoms with E-state index in [1.807, 2.05) is 18.2 Å². The summed E-state index contributed by atoms with van der Waals surface area (Å²) in [4.78, 5) is 19.4. The Labute approximate surface area is 183 Å². The first kappa shape index (κ1) is 20.8. The van der Waals surface area contributed by atoms with Crippen LogP contribution in [0.1, 0.15) is 29.6 Å². The van der Waals surface area contributed by atoms with E-state index >= 15 is 0 Å². The van der Waals surface area contributed by atoms with Gasteiger partial charge in [-0.3, -0.25) is 9.78 Å². The Morgan fingerprint density at radius 2 is 1.83 bits per heavy atom. The first-order valence-electron chi connectivity index (χ1n) is 9.60. The second-order valence-electron chi connectivity index (χ2n) is 7.24. The highest BCUT2D eigenvalue weighted by Gasteiger charge is 2.19. The number of rotatable bonds is 4. The molecule has 1 aromatic heterocycles. The highest BCUT2D eigenvalue weighted by Crippen LogP contribution is 2.34. The number of carbonyl (C=O) groups excluding carboxylic acids is 1. The molecule has 0 atom stereocenters. The van der Waals surface area contributed by atoms with Crippen molar-refractivity contribution in [3.05, 3.63) is 58.8 Å². The maximum atomic E-state index is 12.9. The second-order valence-corrected chi connectivity index (χ2v) is 9.66. The molecule has 2 heterocycles. The largest absolute Gasteiger partial charge is 0.371 e. The number of benzene rings is 2. The molecule has 3 aromatic rings. The lowest BCUT2D eigenvalue weighted by Gasteiger charge is -2.30. The van der Waals surface area contributed by atoms with Crippen molar-refractivity contribution in [1.82, 2.24) is 4.98 Å². The first-order valence-corrected chi connectivity index (χ1v) is 11.9. The molecule has 0 unspecified atom stereocenters. The number of piperidine rings is 1. The number of nitrogens with two attached hydrogens (primary N) is 1. The quantitative estimate of drug-likeness (QED) is 0.579. The molecule has 1 saturated heterocycles. The summed E-state index contributed by atoms with van der Waals surface area (Å²) in [7, 11) is -3.92. The van der Waals surface area contributed by atoms with Crippen LogP contribution in [0.4, 0.5) is 11.4 Å². The lowest BCUT2D eigenvalue weighted by molar-refractivity contribution is 0.102. The van der Waals surface area contributed by atoms with Gasteiger partial charge in [0.2, 0.25) is 10.0 Å². The average molecular weight is 489 g/mol. The number of amides is 1. The second kappa shape index (κ2) is 8.33. The van der Waals surface area contributed by atoms with Crippen molar-refractivity contribution in [3.8, 4) is 0 Å². The molecule has 0 aliphatic carbocycles. The molecule has 3 N–H and O–H groups in total. The molecule has 0 radical (unpaired) electrons. The third kappa shape index (κ3) is 4.19. The Morgan fingerprint density at radius 1 is 1.07 bits per heavy atom. The molecule has 1 aliphatic rings. The molecule has 4 rings (SSSR count). The summed E-state index contributed by atoms with van der Waals surface area (Å²) in [6, 6.07) is 9.93. The van der Waals surface area contributed by atoms with Gasteiger partial charge in [0.1, 0.15) is 0 Å². The van der Waals surface area contributed by atoms with Crippen molar-refractivity contribution in [2.75, 3.05) is 23.3 Å². The predicted molar refractivity (Wildman–Crippen MR) is 121 cm³/mol. The molecule has 0 bridgehead atoms. The molecule has 30 heavy (non-hydrogen) atoms. The number of fused-ring (bicyclic) bond motifs is 1. The van der Waals surface area contributed by atoms with Gasteiger partial charge >= 0.3 is 0 Å². The van der Waals surface area contributed by atoms with Gasteiger partial charge in [0, 0.05) is 46.4 Å². The molecule has 9 heteroatoms. The molecule has 156 valence electrons. The van der Waals surface area contributed by atoms with Gasteiger partial charge in [0.15, 0.2) is 0 Å². The van der Waals surface area contributed by atoms with Gasteiger partial charge in [-0.05, 0) is 71.6 Å². The number of nitrogens with zero attached hydrogens (tertiary/aromatic N) is 2. The Morgan fingerprint density at radius 3 is 2.57 bits per heavy atom. The normalized spacial score (nSPS) is 14.7. The van der Waals surface area contributed by atoms with Crippen molar-refractivity contribution < 1.29 is 13.2 Å². The summed E-state index contributed by atoms with van der Waals surface area (Å²) in [5.41, 5.74) is 1.91. The van der Waals surface area contributed by atoms with Crippen LogP contribution in [0.15, 0.2) is 58.2 Å². The summed E-state index contributed by atoms with van der Waals surface area (Å²) < 4.78 is 23.8. The van der Waals surface area contributed by atoms with Crippen LogP contribution in [0.2, 0.25) is 0 Å². The fourth-order valence-corrected chi connectivity index (χ4v) is 4.71. The minimum absolute atomic E-state index is 0.122. The van der Waals surface area contributed by atoms with Crippen LogP contribution < -0.4 is 15.4 Å². The number of hydrogen-bond acceptors (Lipinski definition) is 5. The van der Waals surface area contributed by atoms with Crippen LogP contribution in [0.5, 0.6) is 0 Å². The number of anilines is 2. The zero-order valence-corrected chi connectivity index (χ0v) is 18.5. The Kier molecular flexibility index (Phi) is 5.77. The van der Waals surface area contributed by atoms with Crippen molar-refractivity contribution in [3.63, 3.8) is 0 Å². The van der Waals surface area contributed by atoms with E-state index in [2.05, 4.69) is 31.1 Å². The van der Waals surface area contributed by atoms with Crippen molar-refractivity contribution in [1.29, 1.82) is 0 Å². The van der Waals surface area contributed by atoms with E-state index in [1.54, 1.807) is 12.4 Å².